The van der Waals surface area contributed by atoms with E-state index in [0.717, 1.165) is 4.57 Å². The number of carbonyl (C=O) groups excluding carboxylic acids is 1. The lowest BCUT2D eigenvalue weighted by molar-refractivity contribution is 0.0969. The SMILES string of the molecule is CCn1c(N(C)CC(C)N)nc2c1c(=O)n(CC(=O)c1ccccc1)c(=O)n2C. The van der Waals surface area contributed by atoms with Gasteiger partial charge in [-0.25, -0.2) is 4.79 Å². The first-order valence-electron chi connectivity index (χ1n) is 9.51. The van der Waals surface area contributed by atoms with Crippen LogP contribution in [0.3, 0.4) is 0 Å². The number of fused-ring (bicyclic) bond motifs is 1. The quantitative estimate of drug-likeness (QED) is 0.584. The van der Waals surface area contributed by atoms with Crippen molar-refractivity contribution in [3.63, 3.8) is 0 Å². The molecule has 2 heterocycles. The Kier molecular flexibility index (Phi) is 5.69. The molecule has 0 amide bonds. The lowest BCUT2D eigenvalue weighted by Gasteiger charge is -2.20. The van der Waals surface area contributed by atoms with E-state index in [4.69, 9.17) is 5.73 Å². The van der Waals surface area contributed by atoms with Gasteiger partial charge in [-0.05, 0) is 13.8 Å². The Morgan fingerprint density at radius 3 is 2.45 bits per heavy atom. The zero-order valence-electron chi connectivity index (χ0n) is 17.1. The van der Waals surface area contributed by atoms with E-state index in [-0.39, 0.29) is 24.0 Å². The molecule has 0 fully saturated rings. The van der Waals surface area contributed by atoms with Crippen LogP contribution in [0.25, 0.3) is 11.2 Å². The van der Waals surface area contributed by atoms with E-state index in [0.29, 0.717) is 30.1 Å². The minimum atomic E-state index is -0.575. The molecule has 0 spiro atoms. The number of nitrogens with zero attached hydrogens (tertiary/aromatic N) is 5. The molecular weight excluding hydrogens is 372 g/mol. The van der Waals surface area contributed by atoms with Crippen molar-refractivity contribution in [1.29, 1.82) is 0 Å². The van der Waals surface area contributed by atoms with Crippen LogP contribution in [0, 0.1) is 0 Å². The fraction of sp³-hybridized carbons (Fsp3) is 0.400. The maximum atomic E-state index is 13.2. The van der Waals surface area contributed by atoms with Crippen molar-refractivity contribution in [2.45, 2.75) is 33.0 Å². The van der Waals surface area contributed by atoms with Crippen molar-refractivity contribution < 1.29 is 4.79 Å². The number of aryl methyl sites for hydroxylation is 2. The summed E-state index contributed by atoms with van der Waals surface area (Å²) in [5.74, 6) is 0.250. The number of ketones is 1. The van der Waals surface area contributed by atoms with Crippen molar-refractivity contribution in [3.05, 3.63) is 56.7 Å². The van der Waals surface area contributed by atoms with Gasteiger partial charge < -0.3 is 15.2 Å². The van der Waals surface area contributed by atoms with E-state index in [1.165, 1.54) is 4.57 Å². The lowest BCUT2D eigenvalue weighted by Crippen LogP contribution is -2.41. The van der Waals surface area contributed by atoms with Crippen molar-refractivity contribution in [2.24, 2.45) is 12.8 Å². The molecule has 3 aromatic rings. The summed E-state index contributed by atoms with van der Waals surface area (Å²) >= 11 is 0. The van der Waals surface area contributed by atoms with E-state index < -0.39 is 11.2 Å². The van der Waals surface area contributed by atoms with Gasteiger partial charge in [0.25, 0.3) is 5.56 Å². The summed E-state index contributed by atoms with van der Waals surface area (Å²) in [6, 6.07) is 8.51. The number of likely N-dealkylation sites (N-methyl/N-ethyl adjacent to an activating group) is 1. The Morgan fingerprint density at radius 1 is 1.21 bits per heavy atom. The monoisotopic (exact) mass is 398 g/mol. The second-order valence-electron chi connectivity index (χ2n) is 7.21. The van der Waals surface area contributed by atoms with Gasteiger partial charge in [-0.15, -0.1) is 0 Å². The first kappa shape index (κ1) is 20.5. The number of anilines is 1. The third kappa shape index (κ3) is 3.73. The molecule has 0 saturated heterocycles. The second kappa shape index (κ2) is 8.04. The van der Waals surface area contributed by atoms with Crippen LogP contribution in [0.1, 0.15) is 24.2 Å². The summed E-state index contributed by atoms with van der Waals surface area (Å²) in [6.45, 7) is 4.47. The average molecular weight is 398 g/mol. The third-order valence-corrected chi connectivity index (χ3v) is 4.83. The zero-order chi connectivity index (χ0) is 21.3. The molecule has 154 valence electrons. The Bertz CT molecular complexity index is 1160. The van der Waals surface area contributed by atoms with Gasteiger partial charge in [0.15, 0.2) is 16.9 Å². The molecule has 2 aromatic heterocycles. The molecule has 29 heavy (non-hydrogen) atoms. The number of benzene rings is 1. The molecule has 9 nitrogen and oxygen atoms in total. The minimum absolute atomic E-state index is 0.0888. The van der Waals surface area contributed by atoms with Crippen LogP contribution in [-0.4, -0.2) is 44.1 Å². The van der Waals surface area contributed by atoms with E-state index >= 15 is 0 Å². The van der Waals surface area contributed by atoms with Crippen LogP contribution in [0.15, 0.2) is 39.9 Å². The smallest absolute Gasteiger partial charge is 0.332 e. The van der Waals surface area contributed by atoms with Gasteiger partial charge in [0.05, 0.1) is 6.54 Å². The van der Waals surface area contributed by atoms with Crippen molar-refractivity contribution in [1.82, 2.24) is 18.7 Å². The Morgan fingerprint density at radius 2 is 1.86 bits per heavy atom. The summed E-state index contributed by atoms with van der Waals surface area (Å²) in [4.78, 5) is 45.0. The normalized spacial score (nSPS) is 12.3. The topological polar surface area (TPSA) is 108 Å². The van der Waals surface area contributed by atoms with Gasteiger partial charge in [0, 0.05) is 38.8 Å². The molecule has 9 heteroatoms. The summed E-state index contributed by atoms with van der Waals surface area (Å²) in [6.07, 6.45) is 0. The zero-order valence-corrected chi connectivity index (χ0v) is 17.1. The van der Waals surface area contributed by atoms with Gasteiger partial charge in [-0.3, -0.25) is 18.7 Å². The molecule has 0 aliphatic heterocycles. The fourth-order valence-electron chi connectivity index (χ4n) is 3.46. The Hall–Kier alpha value is -3.20. The van der Waals surface area contributed by atoms with Crippen LogP contribution in [0.4, 0.5) is 5.95 Å². The number of aromatic nitrogens is 4. The Balaban J connectivity index is 2.17. The number of Topliss-reactive ketones (excluding diaryl/α,β-unsaturated/α-hetero) is 1. The minimum Gasteiger partial charge on any atom is -0.344 e. The van der Waals surface area contributed by atoms with Gasteiger partial charge in [0.1, 0.15) is 0 Å². The number of imidazole rings is 1. The van der Waals surface area contributed by atoms with Crippen LogP contribution in [0.2, 0.25) is 0 Å². The van der Waals surface area contributed by atoms with E-state index in [2.05, 4.69) is 4.98 Å². The molecule has 2 N–H and O–H groups in total. The Labute approximate surface area is 168 Å². The number of nitrogens with two attached hydrogens (primary N) is 1. The highest BCUT2D eigenvalue weighted by Crippen LogP contribution is 2.18. The number of hydrogen-bond acceptors (Lipinski definition) is 6. The first-order valence-corrected chi connectivity index (χ1v) is 9.51. The van der Waals surface area contributed by atoms with Crippen LogP contribution in [-0.2, 0) is 20.1 Å². The van der Waals surface area contributed by atoms with Crippen molar-refractivity contribution >= 4 is 22.9 Å². The molecule has 1 unspecified atom stereocenters. The van der Waals surface area contributed by atoms with Crippen molar-refractivity contribution in [3.8, 4) is 0 Å². The van der Waals surface area contributed by atoms with E-state index in [1.54, 1.807) is 41.9 Å². The number of carbonyl (C=O) groups is 1. The highest BCUT2D eigenvalue weighted by molar-refractivity contribution is 5.95. The molecule has 1 aromatic carbocycles. The molecule has 3 rings (SSSR count). The van der Waals surface area contributed by atoms with E-state index in [9.17, 15) is 14.4 Å². The van der Waals surface area contributed by atoms with Gasteiger partial charge in [-0.1, -0.05) is 30.3 Å². The first-order chi connectivity index (χ1) is 13.8. The summed E-state index contributed by atoms with van der Waals surface area (Å²) in [5.41, 5.74) is 5.83. The molecule has 0 radical (unpaired) electrons. The second-order valence-corrected chi connectivity index (χ2v) is 7.21. The van der Waals surface area contributed by atoms with Gasteiger partial charge in [-0.2, -0.15) is 4.98 Å². The fourth-order valence-corrected chi connectivity index (χ4v) is 3.46. The summed E-state index contributed by atoms with van der Waals surface area (Å²) < 4.78 is 4.04. The molecular formula is C20H26N6O3. The molecule has 0 bridgehead atoms. The van der Waals surface area contributed by atoms with Crippen molar-refractivity contribution in [2.75, 3.05) is 18.5 Å². The highest BCUT2D eigenvalue weighted by Gasteiger charge is 2.22. The predicted molar refractivity (Wildman–Crippen MR) is 113 cm³/mol. The average Bonchev–Trinajstić information content (AvgIpc) is 3.09. The van der Waals surface area contributed by atoms with Crippen LogP contribution in [0.5, 0.6) is 0 Å². The number of hydrogen-bond donors (Lipinski definition) is 1. The largest absolute Gasteiger partial charge is 0.344 e. The highest BCUT2D eigenvalue weighted by atomic mass is 16.2. The molecule has 1 atom stereocenters. The standard InChI is InChI=1S/C20H26N6O3/c1-5-25-16-17(22-19(25)23(3)11-13(2)21)24(4)20(29)26(18(16)28)12-15(27)14-9-7-6-8-10-14/h6-10,13H,5,11-12,21H2,1-4H3. The lowest BCUT2D eigenvalue weighted by atomic mass is 10.1. The molecule has 0 aliphatic carbocycles. The maximum Gasteiger partial charge on any atom is 0.332 e. The van der Waals surface area contributed by atoms with E-state index in [1.807, 2.05) is 25.8 Å². The maximum absolute atomic E-state index is 13.2. The molecule has 0 saturated carbocycles. The third-order valence-electron chi connectivity index (χ3n) is 4.83. The summed E-state index contributed by atoms with van der Waals surface area (Å²) in [5, 5.41) is 0. The summed E-state index contributed by atoms with van der Waals surface area (Å²) in [7, 11) is 3.39. The number of rotatable bonds is 7. The predicted octanol–water partition coefficient (Wildman–Crippen LogP) is 0.583. The van der Waals surface area contributed by atoms with Gasteiger partial charge in [0.2, 0.25) is 5.95 Å². The van der Waals surface area contributed by atoms with Crippen LogP contribution >= 0.6 is 0 Å². The van der Waals surface area contributed by atoms with Gasteiger partial charge >= 0.3 is 5.69 Å². The molecule has 0 aliphatic rings. The van der Waals surface area contributed by atoms with Crippen LogP contribution < -0.4 is 21.9 Å².